The Morgan fingerprint density at radius 1 is 0.958 bits per heavy atom. The van der Waals surface area contributed by atoms with Gasteiger partial charge in [0.05, 0.1) is 5.69 Å². The number of carbonyl (C=O) groups is 1. The summed E-state index contributed by atoms with van der Waals surface area (Å²) in [6, 6.07) is 17.7. The number of anilines is 1. The number of hydrogen-bond donors (Lipinski definition) is 1. The van der Waals surface area contributed by atoms with Gasteiger partial charge in [-0.2, -0.15) is 0 Å². The van der Waals surface area contributed by atoms with Gasteiger partial charge in [0.2, 0.25) is 0 Å². The molecule has 0 bridgehead atoms. The molecule has 24 heavy (non-hydrogen) atoms. The van der Waals surface area contributed by atoms with Gasteiger partial charge in [-0.05, 0) is 23.3 Å². The van der Waals surface area contributed by atoms with Crippen molar-refractivity contribution in [3.63, 3.8) is 0 Å². The Bertz CT molecular complexity index is 830. The van der Waals surface area contributed by atoms with Gasteiger partial charge in [-0.3, -0.25) is 10.1 Å². The molecule has 122 valence electrons. The predicted molar refractivity (Wildman–Crippen MR) is 101 cm³/mol. The molecule has 0 unspecified atom stereocenters. The highest BCUT2D eigenvalue weighted by molar-refractivity contribution is 7.14. The van der Waals surface area contributed by atoms with E-state index in [0.29, 0.717) is 10.7 Å². The van der Waals surface area contributed by atoms with Crippen molar-refractivity contribution in [1.29, 1.82) is 0 Å². The van der Waals surface area contributed by atoms with Crippen LogP contribution in [0.5, 0.6) is 0 Å². The fourth-order valence-electron chi connectivity index (χ4n) is 2.29. The van der Waals surface area contributed by atoms with Gasteiger partial charge >= 0.3 is 0 Å². The van der Waals surface area contributed by atoms with Gasteiger partial charge in [0.15, 0.2) is 5.13 Å². The minimum absolute atomic E-state index is 0.0171. The summed E-state index contributed by atoms with van der Waals surface area (Å²) in [4.78, 5) is 16.9. The second-order valence-corrected chi connectivity index (χ2v) is 7.54. The van der Waals surface area contributed by atoms with E-state index in [1.165, 1.54) is 11.3 Å². The van der Waals surface area contributed by atoms with Crippen LogP contribution in [0.15, 0.2) is 60.0 Å². The van der Waals surface area contributed by atoms with E-state index in [-0.39, 0.29) is 11.3 Å². The lowest BCUT2D eigenvalue weighted by Crippen LogP contribution is -2.14. The highest BCUT2D eigenvalue weighted by Crippen LogP contribution is 2.27. The monoisotopic (exact) mass is 336 g/mol. The first-order valence-electron chi connectivity index (χ1n) is 7.86. The van der Waals surface area contributed by atoms with Crippen molar-refractivity contribution >= 4 is 22.4 Å². The van der Waals surface area contributed by atoms with E-state index in [2.05, 4.69) is 43.2 Å². The molecule has 3 rings (SSSR count). The number of nitrogens with one attached hydrogen (secondary N) is 1. The number of aromatic nitrogens is 1. The minimum Gasteiger partial charge on any atom is -0.298 e. The summed E-state index contributed by atoms with van der Waals surface area (Å²) in [5.41, 5.74) is 3.83. The number of thiazole rings is 1. The maximum Gasteiger partial charge on any atom is 0.257 e. The quantitative estimate of drug-likeness (QED) is 0.699. The highest BCUT2D eigenvalue weighted by atomic mass is 32.1. The van der Waals surface area contributed by atoms with Crippen LogP contribution in [0.4, 0.5) is 5.13 Å². The first-order valence-corrected chi connectivity index (χ1v) is 8.74. The maximum absolute atomic E-state index is 12.4. The summed E-state index contributed by atoms with van der Waals surface area (Å²) in [6.45, 7) is 6.32. The third-order valence-electron chi connectivity index (χ3n) is 3.75. The van der Waals surface area contributed by atoms with Gasteiger partial charge in [-0.1, -0.05) is 63.2 Å². The van der Waals surface area contributed by atoms with E-state index >= 15 is 0 Å². The summed E-state index contributed by atoms with van der Waals surface area (Å²) in [5.74, 6) is -0.135. The Labute approximate surface area is 146 Å². The molecule has 1 heterocycles. The Balaban J connectivity index is 1.73. The van der Waals surface area contributed by atoms with Crippen molar-refractivity contribution in [2.75, 3.05) is 5.32 Å². The second kappa shape index (κ2) is 6.57. The van der Waals surface area contributed by atoms with Crippen LogP contribution in [0.3, 0.4) is 0 Å². The van der Waals surface area contributed by atoms with Gasteiger partial charge in [0.25, 0.3) is 5.91 Å². The van der Waals surface area contributed by atoms with Gasteiger partial charge in [0.1, 0.15) is 0 Å². The summed E-state index contributed by atoms with van der Waals surface area (Å²) in [6.07, 6.45) is 0. The minimum atomic E-state index is -0.135. The van der Waals surface area contributed by atoms with E-state index in [4.69, 9.17) is 0 Å². The van der Waals surface area contributed by atoms with Crippen LogP contribution >= 0.6 is 11.3 Å². The third kappa shape index (κ3) is 3.71. The van der Waals surface area contributed by atoms with Gasteiger partial charge in [-0.25, -0.2) is 4.98 Å². The second-order valence-electron chi connectivity index (χ2n) is 6.69. The zero-order valence-corrected chi connectivity index (χ0v) is 14.9. The fourth-order valence-corrected chi connectivity index (χ4v) is 3.22. The van der Waals surface area contributed by atoms with E-state index in [0.717, 1.165) is 16.8 Å². The van der Waals surface area contributed by atoms with Crippen LogP contribution in [0.1, 0.15) is 36.8 Å². The molecule has 0 spiro atoms. The first kappa shape index (κ1) is 16.4. The lowest BCUT2D eigenvalue weighted by Gasteiger charge is -2.14. The molecule has 1 N–H and O–H groups in total. The van der Waals surface area contributed by atoms with Gasteiger partial charge in [0, 0.05) is 16.4 Å². The molecule has 0 fully saturated rings. The summed E-state index contributed by atoms with van der Waals surface area (Å²) in [5, 5.41) is 5.51. The van der Waals surface area contributed by atoms with Gasteiger partial charge in [-0.15, -0.1) is 11.3 Å². The first-order chi connectivity index (χ1) is 11.4. The van der Waals surface area contributed by atoms with Crippen LogP contribution in [0, 0.1) is 0 Å². The molecular weight excluding hydrogens is 316 g/mol. The fraction of sp³-hybridized carbons (Fsp3) is 0.200. The Morgan fingerprint density at radius 3 is 2.17 bits per heavy atom. The number of carbonyl (C=O) groups excluding carboxylic acids is 1. The topological polar surface area (TPSA) is 42.0 Å². The van der Waals surface area contributed by atoms with Crippen LogP contribution in [-0.2, 0) is 5.41 Å². The molecule has 2 aromatic carbocycles. The zero-order chi connectivity index (χ0) is 17.2. The van der Waals surface area contributed by atoms with Crippen LogP contribution in [0.2, 0.25) is 0 Å². The van der Waals surface area contributed by atoms with Crippen molar-refractivity contribution < 1.29 is 4.79 Å². The summed E-state index contributed by atoms with van der Waals surface area (Å²) < 4.78 is 0. The molecule has 0 aliphatic carbocycles. The number of rotatable bonds is 3. The lowest BCUT2D eigenvalue weighted by atomic mass is 9.93. The molecule has 1 aromatic heterocycles. The molecule has 0 saturated heterocycles. The standard InChI is InChI=1S/C20H20N2OS/c1-20(2,3)17-13-24-19(21-17)22-18(23)16-11-9-15(10-12-16)14-7-5-4-6-8-14/h4-13H,1-3H3,(H,21,22,23). The summed E-state index contributed by atoms with van der Waals surface area (Å²) >= 11 is 1.46. The number of benzene rings is 2. The molecule has 0 saturated carbocycles. The van der Waals surface area contributed by atoms with Crippen molar-refractivity contribution in [2.45, 2.75) is 26.2 Å². The van der Waals surface area contributed by atoms with Crippen LogP contribution in [0.25, 0.3) is 11.1 Å². The highest BCUT2D eigenvalue weighted by Gasteiger charge is 2.18. The smallest absolute Gasteiger partial charge is 0.257 e. The molecule has 4 heteroatoms. The van der Waals surface area contributed by atoms with E-state index in [1.54, 1.807) is 0 Å². The van der Waals surface area contributed by atoms with Crippen LogP contribution in [-0.4, -0.2) is 10.9 Å². The van der Waals surface area contributed by atoms with E-state index < -0.39 is 0 Å². The largest absolute Gasteiger partial charge is 0.298 e. The average Bonchev–Trinajstić information content (AvgIpc) is 3.05. The number of hydrogen-bond acceptors (Lipinski definition) is 3. The normalized spacial score (nSPS) is 11.3. The molecule has 3 nitrogen and oxygen atoms in total. The Morgan fingerprint density at radius 2 is 1.58 bits per heavy atom. The molecule has 0 aliphatic heterocycles. The van der Waals surface area contributed by atoms with Crippen LogP contribution < -0.4 is 5.32 Å². The van der Waals surface area contributed by atoms with Crippen molar-refractivity contribution in [3.05, 3.63) is 71.2 Å². The van der Waals surface area contributed by atoms with Crippen molar-refractivity contribution in [1.82, 2.24) is 4.98 Å². The number of nitrogens with zero attached hydrogens (tertiary/aromatic N) is 1. The average molecular weight is 336 g/mol. The van der Waals surface area contributed by atoms with Crippen molar-refractivity contribution in [2.24, 2.45) is 0 Å². The molecule has 0 atom stereocenters. The van der Waals surface area contributed by atoms with Crippen molar-refractivity contribution in [3.8, 4) is 11.1 Å². The van der Waals surface area contributed by atoms with Gasteiger partial charge < -0.3 is 0 Å². The molecular formula is C20H20N2OS. The molecule has 0 radical (unpaired) electrons. The third-order valence-corrected chi connectivity index (χ3v) is 4.51. The van der Waals surface area contributed by atoms with E-state index in [9.17, 15) is 4.79 Å². The maximum atomic E-state index is 12.4. The molecule has 1 amide bonds. The molecule has 0 aliphatic rings. The SMILES string of the molecule is CC(C)(C)c1csc(NC(=O)c2ccc(-c3ccccc3)cc2)n1. The Hall–Kier alpha value is -2.46. The zero-order valence-electron chi connectivity index (χ0n) is 14.0. The summed E-state index contributed by atoms with van der Waals surface area (Å²) in [7, 11) is 0. The number of amides is 1. The predicted octanol–water partition coefficient (Wildman–Crippen LogP) is 5.36. The molecule has 3 aromatic rings. The lowest BCUT2D eigenvalue weighted by molar-refractivity contribution is 0.102. The van der Waals surface area contributed by atoms with E-state index in [1.807, 2.05) is 47.8 Å². The Kier molecular flexibility index (Phi) is 4.49.